The summed E-state index contributed by atoms with van der Waals surface area (Å²) in [4.78, 5) is 12.7. The maximum atomic E-state index is 11.9. The Morgan fingerprint density at radius 1 is 1.71 bits per heavy atom. The van der Waals surface area contributed by atoms with Crippen molar-refractivity contribution >= 4 is 17.2 Å². The number of amides is 1. The van der Waals surface area contributed by atoms with E-state index in [9.17, 15) is 4.79 Å². The van der Waals surface area contributed by atoms with Gasteiger partial charge in [0.25, 0.3) is 5.91 Å². The van der Waals surface area contributed by atoms with Crippen LogP contribution < -0.4 is 5.32 Å². The van der Waals surface area contributed by atoms with Gasteiger partial charge in [0.2, 0.25) is 0 Å². The predicted octanol–water partition coefficient (Wildman–Crippen LogP) is 1.62. The maximum absolute atomic E-state index is 11.9. The number of rotatable bonds is 2. The third-order valence-electron chi connectivity index (χ3n) is 2.97. The number of carbonyl (C=O) groups excluding carboxylic acids is 1. The quantitative estimate of drug-likeness (QED) is 0.783. The van der Waals surface area contributed by atoms with Gasteiger partial charge < -0.3 is 10.4 Å². The van der Waals surface area contributed by atoms with Crippen LogP contribution in [-0.4, -0.2) is 23.7 Å². The van der Waals surface area contributed by atoms with Crippen molar-refractivity contribution in [2.24, 2.45) is 5.41 Å². The summed E-state index contributed by atoms with van der Waals surface area (Å²) in [5.74, 6) is 5.33. The zero-order chi connectivity index (χ0) is 12.5. The number of nitrogens with one attached hydrogen (secondary N) is 1. The molecule has 90 valence electrons. The molecule has 2 N–H and O–H groups in total. The first-order valence-corrected chi connectivity index (χ1v) is 6.40. The third kappa shape index (κ3) is 2.87. The van der Waals surface area contributed by atoms with Crippen molar-refractivity contribution in [1.82, 2.24) is 5.32 Å². The molecule has 0 saturated heterocycles. The molecule has 4 heteroatoms. The van der Waals surface area contributed by atoms with Crippen LogP contribution in [0.5, 0.6) is 0 Å². The monoisotopic (exact) mass is 249 g/mol. The van der Waals surface area contributed by atoms with Crippen molar-refractivity contribution in [1.29, 1.82) is 0 Å². The summed E-state index contributed by atoms with van der Waals surface area (Å²) in [7, 11) is 0. The second-order valence-corrected chi connectivity index (χ2v) is 5.79. The third-order valence-corrected chi connectivity index (χ3v) is 3.82. The highest BCUT2D eigenvalue weighted by Crippen LogP contribution is 2.44. The molecule has 1 aromatic rings. The Hall–Kier alpha value is -1.31. The topological polar surface area (TPSA) is 49.3 Å². The van der Waals surface area contributed by atoms with E-state index in [1.807, 2.05) is 0 Å². The lowest BCUT2D eigenvalue weighted by molar-refractivity contribution is 0.0947. The normalized spacial score (nSPS) is 20.3. The van der Waals surface area contributed by atoms with Gasteiger partial charge in [0.15, 0.2) is 0 Å². The van der Waals surface area contributed by atoms with Gasteiger partial charge in [-0.15, -0.1) is 11.3 Å². The molecular weight excluding hydrogens is 234 g/mol. The van der Waals surface area contributed by atoms with Crippen molar-refractivity contribution < 1.29 is 9.90 Å². The second-order valence-electron chi connectivity index (χ2n) is 4.88. The van der Waals surface area contributed by atoms with E-state index >= 15 is 0 Å². The number of carbonyl (C=O) groups is 1. The fourth-order valence-electron chi connectivity index (χ4n) is 1.60. The summed E-state index contributed by atoms with van der Waals surface area (Å²) in [6.07, 6.45) is 1.04. The Bertz CT molecular complexity index is 493. The molecule has 0 bridgehead atoms. The molecule has 1 unspecified atom stereocenters. The Labute approximate surface area is 105 Å². The molecular formula is C13H15NO2S. The highest BCUT2D eigenvalue weighted by atomic mass is 32.1. The average Bonchev–Trinajstić information content (AvgIpc) is 2.71. The van der Waals surface area contributed by atoms with Gasteiger partial charge in [0.1, 0.15) is 6.61 Å². The van der Waals surface area contributed by atoms with Crippen LogP contribution in [0.1, 0.15) is 35.5 Å². The first-order valence-electron chi connectivity index (χ1n) is 5.52. The van der Waals surface area contributed by atoms with Crippen LogP contribution in [0.25, 0.3) is 0 Å². The number of thiophene rings is 1. The van der Waals surface area contributed by atoms with Gasteiger partial charge in [-0.25, -0.2) is 0 Å². The highest BCUT2D eigenvalue weighted by Gasteiger charge is 2.46. The van der Waals surface area contributed by atoms with Crippen LogP contribution in [0.3, 0.4) is 0 Å². The van der Waals surface area contributed by atoms with Gasteiger partial charge in [-0.3, -0.25) is 4.79 Å². The smallest absolute Gasteiger partial charge is 0.252 e. The molecule has 1 atom stereocenters. The number of aliphatic hydroxyl groups is 1. The summed E-state index contributed by atoms with van der Waals surface area (Å²) in [5, 5.41) is 13.4. The summed E-state index contributed by atoms with van der Waals surface area (Å²) in [6, 6.07) is 2.06. The molecule has 1 aromatic heterocycles. The van der Waals surface area contributed by atoms with Gasteiger partial charge in [-0.05, 0) is 17.9 Å². The summed E-state index contributed by atoms with van der Waals surface area (Å²) in [5.41, 5.74) is 0.894. The number of hydrogen-bond acceptors (Lipinski definition) is 3. The molecule has 2 rings (SSSR count). The van der Waals surface area contributed by atoms with E-state index < -0.39 is 0 Å². The zero-order valence-electron chi connectivity index (χ0n) is 9.91. The van der Waals surface area contributed by atoms with Crippen molar-refractivity contribution in [2.45, 2.75) is 26.3 Å². The van der Waals surface area contributed by atoms with Gasteiger partial charge >= 0.3 is 0 Å². The van der Waals surface area contributed by atoms with Crippen LogP contribution >= 0.6 is 11.3 Å². The molecule has 0 aromatic carbocycles. The van der Waals surface area contributed by atoms with E-state index in [-0.39, 0.29) is 17.9 Å². The van der Waals surface area contributed by atoms with E-state index in [1.165, 1.54) is 11.3 Å². The Morgan fingerprint density at radius 3 is 3.00 bits per heavy atom. The van der Waals surface area contributed by atoms with Crippen molar-refractivity contribution in [3.8, 4) is 11.8 Å². The standard InChI is InChI=1S/C13H15NO2S/c1-13(2)7-11(13)14-12(16)9-6-10(17-8-9)4-3-5-15/h6,8,11,15H,5,7H2,1-2H3,(H,14,16). The molecule has 1 fully saturated rings. The molecule has 0 aliphatic heterocycles. The second kappa shape index (κ2) is 4.52. The lowest BCUT2D eigenvalue weighted by Crippen LogP contribution is -2.27. The van der Waals surface area contributed by atoms with Crippen molar-refractivity contribution in [3.63, 3.8) is 0 Å². The van der Waals surface area contributed by atoms with E-state index in [2.05, 4.69) is 31.0 Å². The minimum absolute atomic E-state index is 0.0335. The first-order chi connectivity index (χ1) is 8.03. The van der Waals surface area contributed by atoms with Crippen molar-refractivity contribution in [3.05, 3.63) is 21.9 Å². The zero-order valence-corrected chi connectivity index (χ0v) is 10.7. The number of aliphatic hydroxyl groups excluding tert-OH is 1. The van der Waals surface area contributed by atoms with Gasteiger partial charge in [-0.2, -0.15) is 0 Å². The minimum atomic E-state index is -0.157. The van der Waals surface area contributed by atoms with Gasteiger partial charge in [0, 0.05) is 11.4 Å². The van der Waals surface area contributed by atoms with Crippen LogP contribution in [0, 0.1) is 17.3 Å². The van der Waals surface area contributed by atoms with Gasteiger partial charge in [-0.1, -0.05) is 25.7 Å². The summed E-state index contributed by atoms with van der Waals surface area (Å²) >= 11 is 1.42. The fraction of sp³-hybridized carbons (Fsp3) is 0.462. The van der Waals surface area contributed by atoms with Crippen LogP contribution in [0.15, 0.2) is 11.4 Å². The molecule has 1 aliphatic rings. The first kappa shape index (κ1) is 12.2. The Kier molecular flexibility index (Phi) is 3.23. The molecule has 1 amide bonds. The summed E-state index contributed by atoms with van der Waals surface area (Å²) in [6.45, 7) is 4.13. The molecule has 1 saturated carbocycles. The SMILES string of the molecule is CC1(C)CC1NC(=O)c1csc(C#CCO)c1. The summed E-state index contributed by atoms with van der Waals surface area (Å²) < 4.78 is 0. The Morgan fingerprint density at radius 2 is 2.41 bits per heavy atom. The molecule has 17 heavy (non-hydrogen) atoms. The molecule has 0 radical (unpaired) electrons. The van der Waals surface area contributed by atoms with E-state index in [0.717, 1.165) is 11.3 Å². The molecule has 0 spiro atoms. The van der Waals surface area contributed by atoms with Crippen LogP contribution in [0.2, 0.25) is 0 Å². The van der Waals surface area contributed by atoms with Crippen molar-refractivity contribution in [2.75, 3.05) is 6.61 Å². The molecule has 1 aliphatic carbocycles. The highest BCUT2D eigenvalue weighted by molar-refractivity contribution is 7.10. The van der Waals surface area contributed by atoms with E-state index in [0.29, 0.717) is 11.6 Å². The minimum Gasteiger partial charge on any atom is -0.384 e. The number of hydrogen-bond donors (Lipinski definition) is 2. The van der Waals surface area contributed by atoms with E-state index in [4.69, 9.17) is 5.11 Å². The maximum Gasteiger partial charge on any atom is 0.252 e. The molecule has 3 nitrogen and oxygen atoms in total. The van der Waals surface area contributed by atoms with E-state index in [1.54, 1.807) is 11.4 Å². The average molecular weight is 249 g/mol. The fourth-order valence-corrected chi connectivity index (χ4v) is 2.36. The largest absolute Gasteiger partial charge is 0.384 e. The van der Waals surface area contributed by atoms with Crippen LogP contribution in [-0.2, 0) is 0 Å². The predicted molar refractivity (Wildman–Crippen MR) is 67.9 cm³/mol. The molecule has 1 heterocycles. The van der Waals surface area contributed by atoms with Crippen LogP contribution in [0.4, 0.5) is 0 Å². The lowest BCUT2D eigenvalue weighted by Gasteiger charge is -2.04. The Balaban J connectivity index is 1.98. The van der Waals surface area contributed by atoms with Gasteiger partial charge in [0.05, 0.1) is 10.4 Å². The lowest BCUT2D eigenvalue weighted by atomic mass is 10.2.